The number of hydrogen-bond acceptors (Lipinski definition) is 4. The van der Waals surface area contributed by atoms with Crippen LogP contribution in [0.4, 0.5) is 0 Å². The van der Waals surface area contributed by atoms with E-state index in [0.717, 1.165) is 42.8 Å². The van der Waals surface area contributed by atoms with Crippen molar-refractivity contribution in [2.75, 3.05) is 13.1 Å². The molecule has 28 heavy (non-hydrogen) atoms. The highest BCUT2D eigenvalue weighted by Gasteiger charge is 2.03. The number of rotatable bonds is 8. The van der Waals surface area contributed by atoms with Crippen LogP contribution in [0.5, 0.6) is 0 Å². The lowest BCUT2D eigenvalue weighted by atomic mass is 10.1. The highest BCUT2D eigenvalue weighted by atomic mass is 32.1. The first-order valence-electron chi connectivity index (χ1n) is 9.63. The number of aryl methyl sites for hydroxylation is 2. The van der Waals surface area contributed by atoms with Gasteiger partial charge in [-0.2, -0.15) is 0 Å². The molecule has 0 spiro atoms. The maximum atomic E-state index is 4.73. The van der Waals surface area contributed by atoms with Gasteiger partial charge in [0.2, 0.25) is 0 Å². The van der Waals surface area contributed by atoms with Gasteiger partial charge in [0.05, 0.1) is 11.6 Å². The summed E-state index contributed by atoms with van der Waals surface area (Å²) in [6, 6.07) is 8.57. The summed E-state index contributed by atoms with van der Waals surface area (Å²) in [4.78, 5) is 14.7. The number of nitrogens with zero attached hydrogens (tertiary/aromatic N) is 4. The number of guanidine groups is 1. The smallest absolute Gasteiger partial charge is 0.191 e. The molecular formula is C21H28N6S. The first-order valence-corrected chi connectivity index (χ1v) is 10.4. The lowest BCUT2D eigenvalue weighted by Crippen LogP contribution is -2.38. The molecule has 7 heteroatoms. The van der Waals surface area contributed by atoms with Gasteiger partial charge >= 0.3 is 0 Å². The zero-order chi connectivity index (χ0) is 19.8. The van der Waals surface area contributed by atoms with Gasteiger partial charge in [-0.15, -0.1) is 11.3 Å². The van der Waals surface area contributed by atoms with Crippen molar-refractivity contribution in [2.45, 2.75) is 40.3 Å². The zero-order valence-corrected chi connectivity index (χ0v) is 17.6. The summed E-state index contributed by atoms with van der Waals surface area (Å²) in [5.74, 6) is 1.86. The van der Waals surface area contributed by atoms with Crippen LogP contribution in [0.25, 0.3) is 0 Å². The molecule has 0 saturated carbocycles. The van der Waals surface area contributed by atoms with Gasteiger partial charge in [-0.3, -0.25) is 0 Å². The molecule has 1 aromatic carbocycles. The summed E-state index contributed by atoms with van der Waals surface area (Å²) in [7, 11) is 0. The second-order valence-corrected chi connectivity index (χ2v) is 7.98. The number of nitrogens with one attached hydrogen (secondary N) is 2. The average molecular weight is 397 g/mol. The fourth-order valence-corrected chi connectivity index (χ4v) is 3.70. The van der Waals surface area contributed by atoms with Gasteiger partial charge in [-0.05, 0) is 31.9 Å². The molecule has 0 amide bonds. The van der Waals surface area contributed by atoms with Crippen molar-refractivity contribution < 1.29 is 0 Å². The maximum absolute atomic E-state index is 4.73. The number of imidazole rings is 1. The standard InChI is InChI=1S/C21H28N6S/c1-4-22-21(24-9-8-20-25-13-16(2)28-20)26-14-18-6-5-7-19(12-18)15-27-11-10-23-17(27)3/h5-7,10-13H,4,8-9,14-15H2,1-3H3,(H2,22,24,26). The van der Waals surface area contributed by atoms with Gasteiger partial charge < -0.3 is 15.2 Å². The number of hydrogen-bond donors (Lipinski definition) is 2. The molecule has 148 valence electrons. The molecule has 0 radical (unpaired) electrons. The van der Waals surface area contributed by atoms with Crippen LogP contribution in [0.15, 0.2) is 47.8 Å². The lowest BCUT2D eigenvalue weighted by Gasteiger charge is -2.11. The van der Waals surface area contributed by atoms with Crippen molar-refractivity contribution in [1.29, 1.82) is 0 Å². The first-order chi connectivity index (χ1) is 13.6. The third kappa shape index (κ3) is 5.92. The third-order valence-corrected chi connectivity index (χ3v) is 5.30. The fourth-order valence-electron chi connectivity index (χ4n) is 2.91. The van der Waals surface area contributed by atoms with Crippen molar-refractivity contribution in [1.82, 2.24) is 25.2 Å². The monoisotopic (exact) mass is 396 g/mol. The Kier molecular flexibility index (Phi) is 7.19. The predicted molar refractivity (Wildman–Crippen MR) is 116 cm³/mol. The highest BCUT2D eigenvalue weighted by Crippen LogP contribution is 2.11. The van der Waals surface area contributed by atoms with Gasteiger partial charge in [0.15, 0.2) is 5.96 Å². The van der Waals surface area contributed by atoms with E-state index in [9.17, 15) is 0 Å². The van der Waals surface area contributed by atoms with Crippen molar-refractivity contribution >= 4 is 17.3 Å². The molecule has 0 saturated heterocycles. The molecule has 0 bridgehead atoms. The Morgan fingerprint density at radius 3 is 2.75 bits per heavy atom. The Balaban J connectivity index is 1.57. The van der Waals surface area contributed by atoms with Gasteiger partial charge in [-0.1, -0.05) is 24.3 Å². The quantitative estimate of drug-likeness (QED) is 0.453. The van der Waals surface area contributed by atoms with Crippen molar-refractivity contribution in [2.24, 2.45) is 4.99 Å². The highest BCUT2D eigenvalue weighted by molar-refractivity contribution is 7.11. The van der Waals surface area contributed by atoms with E-state index in [0.29, 0.717) is 6.54 Å². The van der Waals surface area contributed by atoms with E-state index < -0.39 is 0 Å². The van der Waals surface area contributed by atoms with E-state index in [1.807, 2.05) is 25.5 Å². The summed E-state index contributed by atoms with van der Waals surface area (Å²) in [5, 5.41) is 7.87. The van der Waals surface area contributed by atoms with E-state index >= 15 is 0 Å². The predicted octanol–water partition coefficient (Wildman–Crippen LogP) is 3.30. The molecule has 0 aliphatic rings. The minimum atomic E-state index is 0.641. The molecule has 0 unspecified atom stereocenters. The Morgan fingerprint density at radius 2 is 2.04 bits per heavy atom. The summed E-state index contributed by atoms with van der Waals surface area (Å²) < 4.78 is 2.15. The second-order valence-electron chi connectivity index (χ2n) is 6.66. The van der Waals surface area contributed by atoms with Crippen LogP contribution < -0.4 is 10.6 Å². The van der Waals surface area contributed by atoms with E-state index in [4.69, 9.17) is 4.99 Å². The van der Waals surface area contributed by atoms with Crippen molar-refractivity contribution in [3.8, 4) is 0 Å². The molecular weight excluding hydrogens is 368 g/mol. The largest absolute Gasteiger partial charge is 0.357 e. The SMILES string of the molecule is CCNC(=NCc1cccc(Cn2ccnc2C)c1)NCCc1ncc(C)s1. The van der Waals surface area contributed by atoms with Gasteiger partial charge in [0, 0.05) is 49.5 Å². The fraction of sp³-hybridized carbons (Fsp3) is 0.381. The van der Waals surface area contributed by atoms with Crippen LogP contribution in [-0.4, -0.2) is 33.6 Å². The normalized spacial score (nSPS) is 11.6. The van der Waals surface area contributed by atoms with Gasteiger partial charge in [0.1, 0.15) is 5.82 Å². The first kappa shape index (κ1) is 20.1. The van der Waals surface area contributed by atoms with Crippen LogP contribution in [0.3, 0.4) is 0 Å². The van der Waals surface area contributed by atoms with Crippen LogP contribution in [0.2, 0.25) is 0 Å². The van der Waals surface area contributed by atoms with Gasteiger partial charge in [0.25, 0.3) is 0 Å². The van der Waals surface area contributed by atoms with Crippen molar-refractivity contribution in [3.63, 3.8) is 0 Å². The van der Waals surface area contributed by atoms with E-state index in [2.05, 4.69) is 63.3 Å². The van der Waals surface area contributed by atoms with Gasteiger partial charge in [-0.25, -0.2) is 15.0 Å². The Morgan fingerprint density at radius 1 is 1.18 bits per heavy atom. The van der Waals surface area contributed by atoms with Crippen molar-refractivity contribution in [3.05, 3.63) is 69.7 Å². The van der Waals surface area contributed by atoms with Crippen LogP contribution in [0, 0.1) is 13.8 Å². The van der Waals surface area contributed by atoms with Crippen LogP contribution in [0.1, 0.15) is 33.8 Å². The Bertz CT molecular complexity index is 911. The average Bonchev–Trinajstić information content (AvgIpc) is 3.28. The Labute approximate surface area is 170 Å². The maximum Gasteiger partial charge on any atom is 0.191 e. The number of aliphatic imine (C=N–C) groups is 1. The minimum absolute atomic E-state index is 0.641. The molecule has 0 fully saturated rings. The van der Waals surface area contributed by atoms with E-state index in [-0.39, 0.29) is 0 Å². The Hall–Kier alpha value is -2.67. The molecule has 2 heterocycles. The molecule has 3 rings (SSSR count). The third-order valence-electron chi connectivity index (χ3n) is 4.33. The number of aromatic nitrogens is 3. The molecule has 0 aliphatic heterocycles. The van der Waals surface area contributed by atoms with Crippen LogP contribution in [-0.2, 0) is 19.5 Å². The summed E-state index contributed by atoms with van der Waals surface area (Å²) in [6.07, 6.45) is 6.68. The molecule has 2 aromatic heterocycles. The number of thiazole rings is 1. The topological polar surface area (TPSA) is 67.1 Å². The minimum Gasteiger partial charge on any atom is -0.357 e. The number of benzene rings is 1. The molecule has 6 nitrogen and oxygen atoms in total. The zero-order valence-electron chi connectivity index (χ0n) is 16.8. The molecule has 2 N–H and O–H groups in total. The summed E-state index contributed by atoms with van der Waals surface area (Å²) in [6.45, 7) is 9.31. The van der Waals surface area contributed by atoms with E-state index in [1.54, 1.807) is 11.3 Å². The summed E-state index contributed by atoms with van der Waals surface area (Å²) in [5.41, 5.74) is 2.45. The second kappa shape index (κ2) is 10.0. The molecule has 0 atom stereocenters. The van der Waals surface area contributed by atoms with Crippen LogP contribution >= 0.6 is 11.3 Å². The molecule has 0 aliphatic carbocycles. The molecule has 3 aromatic rings. The van der Waals surface area contributed by atoms with E-state index in [1.165, 1.54) is 16.0 Å². The summed E-state index contributed by atoms with van der Waals surface area (Å²) >= 11 is 1.75. The lowest BCUT2D eigenvalue weighted by molar-refractivity contribution is 0.760.